The van der Waals surface area contributed by atoms with E-state index in [9.17, 15) is 0 Å². The summed E-state index contributed by atoms with van der Waals surface area (Å²) < 4.78 is 0. The number of fused-ring (bicyclic) bond motifs is 2. The first-order chi connectivity index (χ1) is 15.3. The van der Waals surface area contributed by atoms with E-state index in [2.05, 4.69) is 48.0 Å². The number of hydrogen-bond donors (Lipinski definition) is 2. The number of aromatic amines is 2. The first-order valence-corrected chi connectivity index (χ1v) is 10.6. The minimum absolute atomic E-state index is 0.662. The van der Waals surface area contributed by atoms with Gasteiger partial charge in [-0.05, 0) is 43.9 Å². The van der Waals surface area contributed by atoms with Crippen molar-refractivity contribution < 1.29 is 0 Å². The number of aromatic nitrogens is 7. The molecule has 0 unspecified atom stereocenters. The van der Waals surface area contributed by atoms with Gasteiger partial charge in [-0.15, -0.1) is 0 Å². The highest BCUT2D eigenvalue weighted by atomic mass is 15.2. The van der Waals surface area contributed by atoms with Gasteiger partial charge in [-0.3, -0.25) is 15.1 Å². The highest BCUT2D eigenvalue weighted by molar-refractivity contribution is 5.95. The van der Waals surface area contributed by atoms with Crippen LogP contribution in [-0.4, -0.2) is 48.2 Å². The Bertz CT molecular complexity index is 1390. The Kier molecular flexibility index (Phi) is 4.15. The molecule has 1 fully saturated rings. The maximum Gasteiger partial charge on any atom is 0.181 e. The summed E-state index contributed by atoms with van der Waals surface area (Å²) in [4.78, 5) is 24.0. The Hall–Kier alpha value is -3.81. The topological polar surface area (TPSA) is 99.3 Å². The highest BCUT2D eigenvalue weighted by Crippen LogP contribution is 2.32. The monoisotopic (exact) mass is 410 g/mol. The largest absolute Gasteiger partial charge is 0.368 e. The summed E-state index contributed by atoms with van der Waals surface area (Å²) in [7, 11) is 0. The van der Waals surface area contributed by atoms with E-state index in [-0.39, 0.29) is 0 Å². The van der Waals surface area contributed by atoms with Crippen molar-refractivity contribution in [1.29, 1.82) is 0 Å². The molecule has 2 N–H and O–H groups in total. The lowest BCUT2D eigenvalue weighted by molar-refractivity contribution is 0.578. The summed E-state index contributed by atoms with van der Waals surface area (Å²) in [5.41, 5.74) is 7.67. The van der Waals surface area contributed by atoms with Crippen LogP contribution in [0.3, 0.4) is 0 Å². The van der Waals surface area contributed by atoms with Crippen molar-refractivity contribution in [2.24, 2.45) is 0 Å². The maximum absolute atomic E-state index is 4.95. The molecule has 1 aliphatic heterocycles. The van der Waals surface area contributed by atoms with Gasteiger partial charge in [-0.2, -0.15) is 5.10 Å². The van der Waals surface area contributed by atoms with E-state index >= 15 is 0 Å². The second kappa shape index (κ2) is 7.16. The maximum atomic E-state index is 4.95. The van der Waals surface area contributed by atoms with Crippen LogP contribution < -0.4 is 4.90 Å². The molecule has 1 aliphatic rings. The molecule has 0 saturated carbocycles. The van der Waals surface area contributed by atoms with Gasteiger partial charge in [-0.25, -0.2) is 9.97 Å². The number of H-pyrrole nitrogens is 2. The minimum atomic E-state index is 0.662. The fraction of sp³-hybridized carbons (Fsp3) is 0.261. The fourth-order valence-corrected chi connectivity index (χ4v) is 4.40. The molecule has 6 rings (SSSR count). The number of aryl methyl sites for hydroxylation is 1. The van der Waals surface area contributed by atoms with E-state index in [1.54, 1.807) is 6.20 Å². The van der Waals surface area contributed by atoms with Crippen molar-refractivity contribution in [3.63, 3.8) is 0 Å². The summed E-state index contributed by atoms with van der Waals surface area (Å²) >= 11 is 0. The van der Waals surface area contributed by atoms with Gasteiger partial charge in [0.1, 0.15) is 11.2 Å². The van der Waals surface area contributed by atoms with Gasteiger partial charge in [0.05, 0.1) is 29.0 Å². The Labute approximate surface area is 178 Å². The van der Waals surface area contributed by atoms with E-state index in [4.69, 9.17) is 4.98 Å². The molecule has 0 aromatic carbocycles. The second-order valence-electron chi connectivity index (χ2n) is 8.07. The van der Waals surface area contributed by atoms with Crippen molar-refractivity contribution in [3.05, 3.63) is 48.7 Å². The van der Waals surface area contributed by atoms with Crippen LogP contribution in [0, 0.1) is 6.92 Å². The summed E-state index contributed by atoms with van der Waals surface area (Å²) in [5.74, 6) is 0.741. The molecule has 8 heteroatoms. The van der Waals surface area contributed by atoms with Gasteiger partial charge in [-0.1, -0.05) is 0 Å². The molecule has 0 amide bonds. The number of rotatable bonds is 3. The third-order valence-corrected chi connectivity index (χ3v) is 6.07. The van der Waals surface area contributed by atoms with Gasteiger partial charge in [0, 0.05) is 42.8 Å². The molecule has 5 aromatic rings. The molecule has 5 aromatic heterocycles. The SMILES string of the molecule is Cc1ccncc1-c1cnc2n[nH]c(-c3nc4c(N5CCCCC5)cncc4[nH]3)c2c1. The summed E-state index contributed by atoms with van der Waals surface area (Å²) in [6.45, 7) is 4.17. The number of nitrogens with zero attached hydrogens (tertiary/aromatic N) is 6. The number of pyridine rings is 3. The van der Waals surface area contributed by atoms with Crippen molar-refractivity contribution in [1.82, 2.24) is 35.1 Å². The molecule has 1 saturated heterocycles. The Morgan fingerprint density at radius 3 is 2.77 bits per heavy atom. The molecule has 0 atom stereocenters. The van der Waals surface area contributed by atoms with Crippen LogP contribution in [-0.2, 0) is 0 Å². The summed E-state index contributed by atoms with van der Waals surface area (Å²) in [6, 6.07) is 4.10. The molecule has 0 aliphatic carbocycles. The van der Waals surface area contributed by atoms with Crippen molar-refractivity contribution in [2.75, 3.05) is 18.0 Å². The van der Waals surface area contributed by atoms with Gasteiger partial charge < -0.3 is 9.88 Å². The number of piperidine rings is 1. The van der Waals surface area contributed by atoms with E-state index in [0.717, 1.165) is 63.4 Å². The van der Waals surface area contributed by atoms with Crippen LogP contribution in [0.1, 0.15) is 24.8 Å². The smallest absolute Gasteiger partial charge is 0.181 e. The predicted octanol–water partition coefficient (Wildman–Crippen LogP) is 4.26. The average molecular weight is 410 g/mol. The lowest BCUT2D eigenvalue weighted by Crippen LogP contribution is -2.29. The van der Waals surface area contributed by atoms with Crippen LogP contribution in [0.15, 0.2) is 43.1 Å². The van der Waals surface area contributed by atoms with E-state index < -0.39 is 0 Å². The van der Waals surface area contributed by atoms with Crippen molar-refractivity contribution in [2.45, 2.75) is 26.2 Å². The first kappa shape index (κ1) is 18.0. The van der Waals surface area contributed by atoms with Crippen molar-refractivity contribution >= 4 is 27.8 Å². The van der Waals surface area contributed by atoms with Crippen LogP contribution >= 0.6 is 0 Å². The molecule has 6 heterocycles. The van der Waals surface area contributed by atoms with Gasteiger partial charge in [0.25, 0.3) is 0 Å². The molecule has 0 spiro atoms. The second-order valence-corrected chi connectivity index (χ2v) is 8.07. The van der Waals surface area contributed by atoms with Crippen LogP contribution in [0.2, 0.25) is 0 Å². The third kappa shape index (κ3) is 3.02. The van der Waals surface area contributed by atoms with E-state index in [1.807, 2.05) is 30.9 Å². The molecule has 8 nitrogen and oxygen atoms in total. The molecular formula is C23H22N8. The number of hydrogen-bond acceptors (Lipinski definition) is 6. The molecule has 154 valence electrons. The standard InChI is InChI=1S/C23H22N8/c1-14-5-6-24-11-17(14)15-9-16-20(29-30-22(16)26-10-15)23-27-18-12-25-13-19(21(18)28-23)31-7-3-2-4-8-31/h5-6,9-13H,2-4,7-8H2,1H3,(H,27,28)(H,26,29,30). The van der Waals surface area contributed by atoms with Crippen LogP contribution in [0.5, 0.6) is 0 Å². The lowest BCUT2D eigenvalue weighted by Gasteiger charge is -2.28. The number of nitrogens with one attached hydrogen (secondary N) is 2. The number of imidazole rings is 1. The Morgan fingerprint density at radius 2 is 1.90 bits per heavy atom. The van der Waals surface area contributed by atoms with E-state index in [0.29, 0.717) is 5.65 Å². The third-order valence-electron chi connectivity index (χ3n) is 6.07. The zero-order valence-electron chi connectivity index (χ0n) is 17.3. The fourth-order valence-electron chi connectivity index (χ4n) is 4.40. The zero-order valence-corrected chi connectivity index (χ0v) is 17.3. The average Bonchev–Trinajstić information content (AvgIpc) is 3.43. The Balaban J connectivity index is 1.47. The van der Waals surface area contributed by atoms with Crippen molar-refractivity contribution in [3.8, 4) is 22.6 Å². The van der Waals surface area contributed by atoms with Gasteiger partial charge >= 0.3 is 0 Å². The van der Waals surface area contributed by atoms with Crippen LogP contribution in [0.4, 0.5) is 5.69 Å². The Morgan fingerprint density at radius 1 is 1.00 bits per heavy atom. The van der Waals surface area contributed by atoms with Gasteiger partial charge in [0.15, 0.2) is 11.5 Å². The quantitative estimate of drug-likeness (QED) is 0.461. The van der Waals surface area contributed by atoms with Crippen LogP contribution in [0.25, 0.3) is 44.7 Å². The van der Waals surface area contributed by atoms with Gasteiger partial charge in [0.2, 0.25) is 0 Å². The summed E-state index contributed by atoms with van der Waals surface area (Å²) in [5, 5.41) is 8.45. The highest BCUT2D eigenvalue weighted by Gasteiger charge is 2.19. The lowest BCUT2D eigenvalue weighted by atomic mass is 10.0. The van der Waals surface area contributed by atoms with E-state index in [1.165, 1.54) is 19.3 Å². The minimum Gasteiger partial charge on any atom is -0.368 e. The predicted molar refractivity (Wildman–Crippen MR) is 121 cm³/mol. The normalized spacial score (nSPS) is 14.5. The molecule has 31 heavy (non-hydrogen) atoms. The number of anilines is 1. The summed E-state index contributed by atoms with van der Waals surface area (Å²) in [6.07, 6.45) is 13.0. The molecule has 0 bridgehead atoms. The zero-order chi connectivity index (χ0) is 20.8. The molecule has 0 radical (unpaired) electrons. The first-order valence-electron chi connectivity index (χ1n) is 10.6. The molecular weight excluding hydrogens is 388 g/mol.